The zero-order chi connectivity index (χ0) is 17.4. The highest BCUT2D eigenvalue weighted by molar-refractivity contribution is 7.80. The molecule has 0 saturated heterocycles. The van der Waals surface area contributed by atoms with Crippen molar-refractivity contribution in [1.82, 2.24) is 25.9 Å². The standard InChI is InChI=1S/C15H19N5O3S/c1-20(15(24)16-8-3-9-22-2)19-13(21)11-4-6-12(7-5-11)14-18-17-10-23-14/h4-7,10H,3,8-9H2,1-2H3,(H,16,24)(H,19,21). The highest BCUT2D eigenvalue weighted by Crippen LogP contribution is 2.16. The average molecular weight is 349 g/mol. The summed E-state index contributed by atoms with van der Waals surface area (Å²) in [6, 6.07) is 6.84. The number of carbonyl (C=O) groups excluding carboxylic acids is 1. The Kier molecular flexibility index (Phi) is 6.64. The molecule has 2 N–H and O–H groups in total. The molecular weight excluding hydrogens is 330 g/mol. The van der Waals surface area contributed by atoms with Crippen LogP contribution in [0.2, 0.25) is 0 Å². The summed E-state index contributed by atoms with van der Waals surface area (Å²) < 4.78 is 10.1. The van der Waals surface area contributed by atoms with Gasteiger partial charge in [0.05, 0.1) is 0 Å². The van der Waals surface area contributed by atoms with Crippen LogP contribution >= 0.6 is 12.2 Å². The molecule has 0 aliphatic rings. The first-order chi connectivity index (χ1) is 11.6. The molecule has 1 aromatic carbocycles. The van der Waals surface area contributed by atoms with Gasteiger partial charge in [0.15, 0.2) is 5.11 Å². The Morgan fingerprint density at radius 3 is 2.75 bits per heavy atom. The molecule has 2 aromatic rings. The molecule has 2 rings (SSSR count). The predicted octanol–water partition coefficient (Wildman–Crippen LogP) is 1.22. The van der Waals surface area contributed by atoms with Gasteiger partial charge in [-0.25, -0.2) is 0 Å². The minimum atomic E-state index is -0.268. The first kappa shape index (κ1) is 17.8. The maximum Gasteiger partial charge on any atom is 0.269 e. The number of benzene rings is 1. The Morgan fingerprint density at radius 1 is 1.38 bits per heavy atom. The van der Waals surface area contributed by atoms with Crippen LogP contribution in [0.25, 0.3) is 11.5 Å². The number of carbonyl (C=O) groups is 1. The summed E-state index contributed by atoms with van der Waals surface area (Å²) in [7, 11) is 3.32. The molecule has 1 heterocycles. The van der Waals surface area contributed by atoms with Crippen molar-refractivity contribution in [3.63, 3.8) is 0 Å². The largest absolute Gasteiger partial charge is 0.423 e. The first-order valence-electron chi connectivity index (χ1n) is 7.30. The van der Waals surface area contributed by atoms with E-state index in [1.807, 2.05) is 0 Å². The van der Waals surface area contributed by atoms with Gasteiger partial charge in [0.2, 0.25) is 12.3 Å². The number of ether oxygens (including phenoxy) is 1. The summed E-state index contributed by atoms with van der Waals surface area (Å²) in [5, 5.41) is 12.4. The van der Waals surface area contributed by atoms with Gasteiger partial charge in [-0.15, -0.1) is 10.2 Å². The summed E-state index contributed by atoms with van der Waals surface area (Å²) in [5.74, 6) is 0.135. The Balaban J connectivity index is 1.86. The molecule has 0 saturated carbocycles. The number of nitrogens with zero attached hydrogens (tertiary/aromatic N) is 3. The molecular formula is C15H19N5O3S. The summed E-state index contributed by atoms with van der Waals surface area (Å²) in [4.78, 5) is 12.2. The van der Waals surface area contributed by atoms with Crippen LogP contribution in [-0.4, -0.2) is 53.5 Å². The Bertz CT molecular complexity index is 660. The number of hydrogen-bond donors (Lipinski definition) is 2. The van der Waals surface area contributed by atoms with Crippen molar-refractivity contribution in [2.45, 2.75) is 6.42 Å². The van der Waals surface area contributed by atoms with Gasteiger partial charge in [-0.1, -0.05) is 0 Å². The molecule has 0 aliphatic heterocycles. The number of aromatic nitrogens is 2. The zero-order valence-electron chi connectivity index (χ0n) is 13.5. The second-order valence-corrected chi connectivity index (χ2v) is 5.29. The number of methoxy groups -OCH3 is 1. The summed E-state index contributed by atoms with van der Waals surface area (Å²) in [5.41, 5.74) is 3.94. The van der Waals surface area contributed by atoms with Gasteiger partial charge in [-0.3, -0.25) is 15.2 Å². The second-order valence-electron chi connectivity index (χ2n) is 4.90. The van der Waals surface area contributed by atoms with Gasteiger partial charge in [0.1, 0.15) is 0 Å². The lowest BCUT2D eigenvalue weighted by Crippen LogP contribution is -2.48. The summed E-state index contributed by atoms with van der Waals surface area (Å²) >= 11 is 5.20. The van der Waals surface area contributed by atoms with Crippen LogP contribution in [0.5, 0.6) is 0 Å². The first-order valence-corrected chi connectivity index (χ1v) is 7.70. The van der Waals surface area contributed by atoms with Crippen molar-refractivity contribution in [3.8, 4) is 11.5 Å². The molecule has 8 nitrogen and oxygen atoms in total. The highest BCUT2D eigenvalue weighted by Gasteiger charge is 2.11. The third-order valence-electron chi connectivity index (χ3n) is 3.13. The lowest BCUT2D eigenvalue weighted by molar-refractivity contribution is 0.0886. The predicted molar refractivity (Wildman–Crippen MR) is 92.1 cm³/mol. The van der Waals surface area contributed by atoms with E-state index >= 15 is 0 Å². The number of thiocarbonyl (C=S) groups is 1. The number of rotatable bonds is 6. The molecule has 0 radical (unpaired) electrons. The molecule has 0 atom stereocenters. The maximum absolute atomic E-state index is 12.2. The monoisotopic (exact) mass is 349 g/mol. The normalized spacial score (nSPS) is 10.2. The van der Waals surface area contributed by atoms with E-state index in [1.165, 1.54) is 11.4 Å². The van der Waals surface area contributed by atoms with Crippen molar-refractivity contribution < 1.29 is 13.9 Å². The molecule has 24 heavy (non-hydrogen) atoms. The van der Waals surface area contributed by atoms with Gasteiger partial charge >= 0.3 is 0 Å². The van der Waals surface area contributed by atoms with Gasteiger partial charge in [-0.2, -0.15) is 0 Å². The second kappa shape index (κ2) is 8.94. The maximum atomic E-state index is 12.2. The number of amides is 1. The van der Waals surface area contributed by atoms with E-state index in [0.717, 1.165) is 12.0 Å². The van der Waals surface area contributed by atoms with E-state index in [0.29, 0.717) is 29.7 Å². The van der Waals surface area contributed by atoms with E-state index in [2.05, 4.69) is 20.9 Å². The van der Waals surface area contributed by atoms with Crippen molar-refractivity contribution >= 4 is 23.2 Å². The van der Waals surface area contributed by atoms with Crippen LogP contribution in [0.1, 0.15) is 16.8 Å². The number of nitrogens with one attached hydrogen (secondary N) is 2. The van der Waals surface area contributed by atoms with E-state index in [4.69, 9.17) is 21.4 Å². The van der Waals surface area contributed by atoms with Gasteiger partial charge < -0.3 is 14.5 Å². The fourth-order valence-corrected chi connectivity index (χ4v) is 2.01. The van der Waals surface area contributed by atoms with Crippen LogP contribution in [0.15, 0.2) is 35.1 Å². The molecule has 9 heteroatoms. The molecule has 1 amide bonds. The SMILES string of the molecule is COCCCNC(=S)N(C)NC(=O)c1ccc(-c2nnco2)cc1. The Hall–Kier alpha value is -2.52. The molecule has 128 valence electrons. The molecule has 0 unspecified atom stereocenters. The zero-order valence-corrected chi connectivity index (χ0v) is 14.3. The van der Waals surface area contributed by atoms with Crippen molar-refractivity contribution in [2.24, 2.45) is 0 Å². The van der Waals surface area contributed by atoms with Crippen LogP contribution in [0.4, 0.5) is 0 Å². The number of hydrogen-bond acceptors (Lipinski definition) is 6. The van der Waals surface area contributed by atoms with Gasteiger partial charge in [0.25, 0.3) is 5.91 Å². The summed E-state index contributed by atoms with van der Waals surface area (Å²) in [6.45, 7) is 1.32. The lowest BCUT2D eigenvalue weighted by atomic mass is 10.1. The summed E-state index contributed by atoms with van der Waals surface area (Å²) in [6.07, 6.45) is 2.08. The molecule has 0 fully saturated rings. The van der Waals surface area contributed by atoms with Gasteiger partial charge in [0, 0.05) is 38.4 Å². The van der Waals surface area contributed by atoms with E-state index in [1.54, 1.807) is 38.4 Å². The molecule has 0 spiro atoms. The van der Waals surface area contributed by atoms with Crippen molar-refractivity contribution in [2.75, 3.05) is 27.3 Å². The molecule has 0 aliphatic carbocycles. The Labute approximate surface area is 145 Å². The van der Waals surface area contributed by atoms with E-state index in [9.17, 15) is 4.79 Å². The molecule has 0 bridgehead atoms. The van der Waals surface area contributed by atoms with E-state index < -0.39 is 0 Å². The average Bonchev–Trinajstić information content (AvgIpc) is 3.13. The van der Waals surface area contributed by atoms with Crippen molar-refractivity contribution in [3.05, 3.63) is 36.2 Å². The van der Waals surface area contributed by atoms with Gasteiger partial charge in [-0.05, 0) is 42.9 Å². The van der Waals surface area contributed by atoms with Crippen LogP contribution < -0.4 is 10.7 Å². The third kappa shape index (κ3) is 5.00. The third-order valence-corrected chi connectivity index (χ3v) is 3.55. The van der Waals surface area contributed by atoms with Crippen LogP contribution in [0.3, 0.4) is 0 Å². The minimum absolute atomic E-state index is 0.268. The minimum Gasteiger partial charge on any atom is -0.423 e. The number of hydrazine groups is 1. The van der Waals surface area contributed by atoms with E-state index in [-0.39, 0.29) is 5.91 Å². The Morgan fingerprint density at radius 2 is 2.12 bits per heavy atom. The lowest BCUT2D eigenvalue weighted by Gasteiger charge is -2.21. The highest BCUT2D eigenvalue weighted by atomic mass is 32.1. The van der Waals surface area contributed by atoms with Crippen molar-refractivity contribution in [1.29, 1.82) is 0 Å². The fourth-order valence-electron chi connectivity index (χ4n) is 1.86. The smallest absolute Gasteiger partial charge is 0.269 e. The quantitative estimate of drug-likeness (QED) is 0.457. The van der Waals surface area contributed by atoms with Crippen LogP contribution in [0, 0.1) is 0 Å². The fraction of sp³-hybridized carbons (Fsp3) is 0.333. The molecule has 1 aromatic heterocycles. The topological polar surface area (TPSA) is 92.5 Å². The van der Waals surface area contributed by atoms with Crippen LogP contribution in [-0.2, 0) is 4.74 Å².